The standard InChI is InChI=1S/C53H63FO6Si2/c1-48(2,3)61(39-21-13-9-14-22-39,40-23-15-10-16-24-40)59-36-46(57)53(58)47(60-62(49(4,5)6,41-25-17-11-18-26-41)42-27-19-12-20-28-42)34-44-43-30-29-37-33-38(55)31-32-50(37,7)52(43,54)45(56)35-51(44,53)8/h9-28,31-33,43-45,47,56,58H,29-30,34-36H2,1-8H3/t43-,44-,45-,47+,50-,51-,52-,53+/m0/s1. The van der Waals surface area contributed by atoms with Gasteiger partial charge in [-0.25, -0.2) is 4.39 Å². The highest BCUT2D eigenvalue weighted by Crippen LogP contribution is 2.70. The molecule has 4 aromatic rings. The van der Waals surface area contributed by atoms with Crippen molar-refractivity contribution < 1.29 is 33.0 Å². The Kier molecular flexibility index (Phi) is 11.2. The lowest BCUT2D eigenvalue weighted by atomic mass is 9.44. The second-order valence-corrected chi connectivity index (χ2v) is 29.5. The average molecular weight is 871 g/mol. The summed E-state index contributed by atoms with van der Waals surface area (Å²) in [6.45, 7) is 16.2. The summed E-state index contributed by atoms with van der Waals surface area (Å²) in [5.41, 5.74) is -6.25. The van der Waals surface area contributed by atoms with Crippen LogP contribution in [0.15, 0.2) is 145 Å². The van der Waals surface area contributed by atoms with Crippen LogP contribution in [0, 0.1) is 22.7 Å². The van der Waals surface area contributed by atoms with Crippen molar-refractivity contribution in [3.63, 3.8) is 0 Å². The normalized spacial score (nSPS) is 31.1. The summed E-state index contributed by atoms with van der Waals surface area (Å²) in [6.07, 6.45) is 2.79. The van der Waals surface area contributed by atoms with Crippen molar-refractivity contribution in [3.8, 4) is 0 Å². The van der Waals surface area contributed by atoms with E-state index in [2.05, 4.69) is 90.1 Å². The molecule has 0 heterocycles. The zero-order valence-electron chi connectivity index (χ0n) is 37.5. The molecule has 6 nitrogen and oxygen atoms in total. The van der Waals surface area contributed by atoms with Crippen LogP contribution >= 0.6 is 0 Å². The topological polar surface area (TPSA) is 93.1 Å². The molecule has 0 bridgehead atoms. The van der Waals surface area contributed by atoms with Gasteiger partial charge in [0.05, 0.1) is 18.8 Å². The molecule has 4 aliphatic rings. The highest BCUT2D eigenvalue weighted by Gasteiger charge is 2.77. The molecule has 0 unspecified atom stereocenters. The van der Waals surface area contributed by atoms with Crippen LogP contribution in [-0.4, -0.2) is 68.5 Å². The van der Waals surface area contributed by atoms with E-state index in [1.54, 1.807) is 13.0 Å². The fourth-order valence-corrected chi connectivity index (χ4v) is 22.0. The second-order valence-electron chi connectivity index (χ2n) is 20.9. The predicted molar refractivity (Wildman–Crippen MR) is 250 cm³/mol. The van der Waals surface area contributed by atoms with Crippen molar-refractivity contribution >= 4 is 48.9 Å². The number of carbonyl (C=O) groups excluding carboxylic acids is 2. The summed E-state index contributed by atoms with van der Waals surface area (Å²) < 4.78 is 33.8. The fraction of sp³-hybridized carbons (Fsp3) is 0.434. The first-order valence-electron chi connectivity index (χ1n) is 22.3. The molecule has 9 heteroatoms. The van der Waals surface area contributed by atoms with E-state index in [0.29, 0.717) is 18.4 Å². The fourth-order valence-electron chi connectivity index (χ4n) is 12.8. The number of allylic oxidation sites excluding steroid dienone is 4. The number of fused-ring (bicyclic) bond motifs is 5. The highest BCUT2D eigenvalue weighted by atomic mass is 28.4. The van der Waals surface area contributed by atoms with Gasteiger partial charge in [0.15, 0.2) is 22.8 Å². The van der Waals surface area contributed by atoms with Gasteiger partial charge < -0.3 is 19.1 Å². The van der Waals surface area contributed by atoms with E-state index < -0.39 is 85.2 Å². The van der Waals surface area contributed by atoms with E-state index in [4.69, 9.17) is 8.85 Å². The number of Topliss-reactive ketones (excluding diaryl/α,β-unsaturated/α-hetero) is 1. The van der Waals surface area contributed by atoms with Gasteiger partial charge in [0.25, 0.3) is 16.6 Å². The quantitative estimate of drug-likeness (QED) is 0.158. The molecule has 62 heavy (non-hydrogen) atoms. The number of ketones is 2. The van der Waals surface area contributed by atoms with Gasteiger partial charge in [-0.3, -0.25) is 9.59 Å². The van der Waals surface area contributed by atoms with E-state index in [9.17, 15) is 15.0 Å². The van der Waals surface area contributed by atoms with Crippen LogP contribution in [0.3, 0.4) is 0 Å². The van der Waals surface area contributed by atoms with Crippen molar-refractivity contribution in [3.05, 3.63) is 145 Å². The molecule has 0 saturated heterocycles. The molecule has 0 amide bonds. The second kappa shape index (κ2) is 15.6. The maximum atomic E-state index is 18.6. The van der Waals surface area contributed by atoms with Crippen LogP contribution in [0.2, 0.25) is 10.1 Å². The van der Waals surface area contributed by atoms with Crippen LogP contribution in [0.25, 0.3) is 0 Å². The summed E-state index contributed by atoms with van der Waals surface area (Å²) in [7, 11) is -6.70. The predicted octanol–water partition coefficient (Wildman–Crippen LogP) is 7.79. The minimum atomic E-state index is -3.43. The molecule has 2 N–H and O–H groups in total. The van der Waals surface area contributed by atoms with E-state index >= 15 is 9.18 Å². The minimum absolute atomic E-state index is 0.183. The zero-order valence-corrected chi connectivity index (χ0v) is 39.5. The molecular weight excluding hydrogens is 808 g/mol. The number of aliphatic hydroxyl groups is 2. The smallest absolute Gasteiger partial charge is 0.261 e. The van der Waals surface area contributed by atoms with Gasteiger partial charge in [-0.1, -0.05) is 181 Å². The van der Waals surface area contributed by atoms with Crippen molar-refractivity contribution in [1.82, 2.24) is 0 Å². The molecule has 326 valence electrons. The lowest BCUT2D eigenvalue weighted by Gasteiger charge is -2.62. The Balaban J connectivity index is 1.31. The maximum Gasteiger partial charge on any atom is 0.261 e. The molecule has 3 saturated carbocycles. The SMILES string of the molecule is CC(C)(C)[Si](OCC(=O)[C@@]1(O)[C@H](O[Si](c2ccccc2)(c2ccccc2)C(C)(C)C)C[C@H]2[C@@H]3CCC4=CC(=O)C=C[C@]4(C)[C@@]3(F)[C@@H](O)C[C@@]21C)(c1ccccc1)c1ccccc1. The van der Waals surface area contributed by atoms with Crippen LogP contribution in [0.1, 0.15) is 81.1 Å². The van der Waals surface area contributed by atoms with Crippen molar-refractivity contribution in [2.75, 3.05) is 6.61 Å². The Labute approximate surface area is 369 Å². The Morgan fingerprint density at radius 1 is 0.742 bits per heavy atom. The van der Waals surface area contributed by atoms with Gasteiger partial charge in [-0.05, 0) is 81.5 Å². The lowest BCUT2D eigenvalue weighted by molar-refractivity contribution is -0.221. The third kappa shape index (κ3) is 6.35. The number of aliphatic hydroxyl groups excluding tert-OH is 1. The summed E-state index contributed by atoms with van der Waals surface area (Å²) in [6, 6.07) is 40.5. The van der Waals surface area contributed by atoms with Crippen LogP contribution in [0.5, 0.6) is 0 Å². The first-order valence-corrected chi connectivity index (χ1v) is 26.1. The minimum Gasteiger partial charge on any atom is -0.401 e. The molecule has 8 atom stereocenters. The van der Waals surface area contributed by atoms with Crippen molar-refractivity contribution in [2.45, 2.75) is 115 Å². The van der Waals surface area contributed by atoms with E-state index in [1.165, 1.54) is 12.2 Å². The Morgan fingerprint density at radius 2 is 1.19 bits per heavy atom. The van der Waals surface area contributed by atoms with E-state index in [-0.39, 0.29) is 18.6 Å². The summed E-state index contributed by atoms with van der Waals surface area (Å²) in [4.78, 5) is 28.5. The van der Waals surface area contributed by atoms with Gasteiger partial charge in [0.2, 0.25) is 0 Å². The third-order valence-electron chi connectivity index (χ3n) is 15.8. The molecule has 0 aliphatic heterocycles. The van der Waals surface area contributed by atoms with Gasteiger partial charge >= 0.3 is 0 Å². The number of rotatable bonds is 10. The zero-order chi connectivity index (χ0) is 44.6. The number of alkyl halides is 1. The number of carbonyl (C=O) groups is 2. The van der Waals surface area contributed by atoms with Gasteiger partial charge in [-0.15, -0.1) is 0 Å². The van der Waals surface area contributed by atoms with Crippen LogP contribution in [-0.2, 0) is 18.4 Å². The Bertz CT molecular complexity index is 2280. The number of halogens is 1. The molecule has 0 aromatic heterocycles. The monoisotopic (exact) mass is 870 g/mol. The molecule has 4 aromatic carbocycles. The van der Waals surface area contributed by atoms with E-state index in [1.807, 2.05) is 79.7 Å². The van der Waals surface area contributed by atoms with Crippen LogP contribution < -0.4 is 20.7 Å². The number of benzene rings is 4. The molecule has 3 fully saturated rings. The molecule has 4 aliphatic carbocycles. The van der Waals surface area contributed by atoms with Crippen molar-refractivity contribution in [2.24, 2.45) is 22.7 Å². The third-order valence-corrected chi connectivity index (χ3v) is 25.9. The molecule has 0 radical (unpaired) electrons. The maximum absolute atomic E-state index is 18.6. The van der Waals surface area contributed by atoms with Gasteiger partial charge in [0, 0.05) is 16.7 Å². The largest absolute Gasteiger partial charge is 0.401 e. The van der Waals surface area contributed by atoms with Crippen molar-refractivity contribution in [1.29, 1.82) is 0 Å². The van der Waals surface area contributed by atoms with Gasteiger partial charge in [-0.2, -0.15) is 0 Å². The highest BCUT2D eigenvalue weighted by molar-refractivity contribution is 7.00. The Hall–Kier alpha value is -4.10. The lowest BCUT2D eigenvalue weighted by Crippen LogP contribution is -2.73. The summed E-state index contributed by atoms with van der Waals surface area (Å²) in [5, 5.41) is 29.5. The van der Waals surface area contributed by atoms with Crippen LogP contribution in [0.4, 0.5) is 4.39 Å². The Morgan fingerprint density at radius 3 is 1.65 bits per heavy atom. The number of hydrogen-bond acceptors (Lipinski definition) is 6. The number of hydrogen-bond donors (Lipinski definition) is 2. The molecule has 0 spiro atoms. The average Bonchev–Trinajstić information content (AvgIpc) is 3.46. The molecule has 8 rings (SSSR count). The first kappa shape index (κ1) is 44.5. The summed E-state index contributed by atoms with van der Waals surface area (Å²) in [5.74, 6) is -2.02. The molecular formula is C53H63FO6Si2. The summed E-state index contributed by atoms with van der Waals surface area (Å²) >= 11 is 0. The first-order chi connectivity index (χ1) is 29.2. The van der Waals surface area contributed by atoms with Gasteiger partial charge in [0.1, 0.15) is 0 Å². The van der Waals surface area contributed by atoms with E-state index in [0.717, 1.165) is 20.7 Å².